The first-order chi connectivity index (χ1) is 15.0. The number of likely N-dealkylation sites (tertiary alicyclic amines) is 1. The van der Waals surface area contributed by atoms with E-state index in [0.29, 0.717) is 30.4 Å². The van der Waals surface area contributed by atoms with Gasteiger partial charge in [-0.05, 0) is 65.5 Å². The van der Waals surface area contributed by atoms with E-state index >= 15 is 0 Å². The number of hydrogen-bond donors (Lipinski definition) is 2. The van der Waals surface area contributed by atoms with Gasteiger partial charge in [0.25, 0.3) is 5.91 Å². The molecule has 2 amide bonds. The average Bonchev–Trinajstić information content (AvgIpc) is 3.42. The van der Waals surface area contributed by atoms with Gasteiger partial charge in [0, 0.05) is 35.9 Å². The van der Waals surface area contributed by atoms with E-state index in [9.17, 15) is 9.59 Å². The van der Waals surface area contributed by atoms with Crippen LogP contribution in [0.2, 0.25) is 0 Å². The van der Waals surface area contributed by atoms with Gasteiger partial charge in [-0.25, -0.2) is 4.79 Å². The number of nitrogens with zero attached hydrogens (tertiary/aromatic N) is 3. The number of amides is 2. The predicted molar refractivity (Wildman–Crippen MR) is 123 cm³/mol. The fourth-order valence-corrected chi connectivity index (χ4v) is 3.96. The summed E-state index contributed by atoms with van der Waals surface area (Å²) in [5.41, 5.74) is 9.50. The molecule has 1 aromatic heterocycles. The van der Waals surface area contributed by atoms with Gasteiger partial charge < -0.3 is 20.7 Å². The number of aromatic nitrogens is 2. The van der Waals surface area contributed by atoms with Crippen molar-refractivity contribution in [3.8, 4) is 11.3 Å². The molecule has 2 aliphatic rings. The Bertz CT molecular complexity index is 1010. The number of hydrogen-bond acceptors (Lipinski definition) is 5. The second-order valence-electron chi connectivity index (χ2n) is 10.1. The summed E-state index contributed by atoms with van der Waals surface area (Å²) in [6, 6.07) is 7.58. The summed E-state index contributed by atoms with van der Waals surface area (Å²) in [4.78, 5) is 27.2. The number of ether oxygens (including phenoxy) is 1. The molecule has 3 N–H and O–H groups in total. The summed E-state index contributed by atoms with van der Waals surface area (Å²) in [6.45, 7) is 10.5. The molecular formula is C24H33N5O3. The largest absolute Gasteiger partial charge is 0.444 e. The van der Waals surface area contributed by atoms with Crippen LogP contribution in [0.25, 0.3) is 11.3 Å². The van der Waals surface area contributed by atoms with Crippen molar-refractivity contribution in [2.75, 3.05) is 18.8 Å². The molecule has 1 saturated carbocycles. The summed E-state index contributed by atoms with van der Waals surface area (Å²) < 4.78 is 7.23. The maximum Gasteiger partial charge on any atom is 0.410 e. The van der Waals surface area contributed by atoms with Gasteiger partial charge >= 0.3 is 6.09 Å². The first-order valence-corrected chi connectivity index (χ1v) is 11.3. The Labute approximate surface area is 189 Å². The predicted octanol–water partition coefficient (Wildman–Crippen LogP) is 3.94. The maximum absolute atomic E-state index is 13.4. The molecule has 0 unspecified atom stereocenters. The van der Waals surface area contributed by atoms with Crippen LogP contribution in [-0.4, -0.2) is 51.4 Å². The number of nitrogen functional groups attached to an aromatic ring is 1. The van der Waals surface area contributed by atoms with Crippen molar-refractivity contribution in [1.82, 2.24) is 20.0 Å². The van der Waals surface area contributed by atoms with Crippen molar-refractivity contribution >= 4 is 17.7 Å². The molecule has 1 aromatic carbocycles. The average molecular weight is 440 g/mol. The number of carbonyl (C=O) groups is 2. The van der Waals surface area contributed by atoms with Crippen molar-refractivity contribution in [3.63, 3.8) is 0 Å². The lowest BCUT2D eigenvalue weighted by molar-refractivity contribution is 0.00527. The van der Waals surface area contributed by atoms with Crippen LogP contribution in [0.5, 0.6) is 0 Å². The third-order valence-electron chi connectivity index (χ3n) is 5.69. The molecule has 0 spiro atoms. The van der Waals surface area contributed by atoms with Crippen LogP contribution >= 0.6 is 0 Å². The van der Waals surface area contributed by atoms with Gasteiger partial charge in [-0.1, -0.05) is 12.1 Å². The smallest absolute Gasteiger partial charge is 0.410 e. The molecule has 0 atom stereocenters. The molecule has 2 fully saturated rings. The number of nitrogens with two attached hydrogens (primary N) is 1. The summed E-state index contributed by atoms with van der Waals surface area (Å²) in [6.07, 6.45) is 1.77. The minimum atomic E-state index is -0.535. The number of benzene rings is 1. The van der Waals surface area contributed by atoms with Crippen LogP contribution in [-0.2, 0) is 4.74 Å². The van der Waals surface area contributed by atoms with E-state index in [1.165, 1.54) is 0 Å². The van der Waals surface area contributed by atoms with Gasteiger partial charge in [0.2, 0.25) is 0 Å². The molecule has 0 bridgehead atoms. The van der Waals surface area contributed by atoms with Crippen LogP contribution in [0.3, 0.4) is 0 Å². The van der Waals surface area contributed by atoms with E-state index < -0.39 is 5.60 Å². The van der Waals surface area contributed by atoms with E-state index in [0.717, 1.165) is 29.7 Å². The van der Waals surface area contributed by atoms with E-state index in [1.807, 2.05) is 63.6 Å². The zero-order valence-electron chi connectivity index (χ0n) is 19.5. The fourth-order valence-electron chi connectivity index (χ4n) is 3.96. The Morgan fingerprint density at radius 2 is 1.78 bits per heavy atom. The van der Waals surface area contributed by atoms with E-state index in [1.54, 1.807) is 4.90 Å². The summed E-state index contributed by atoms with van der Waals surface area (Å²) >= 11 is 0. The minimum absolute atomic E-state index is 0.0374. The number of nitrogens with one attached hydrogen (secondary N) is 1. The van der Waals surface area contributed by atoms with Crippen molar-refractivity contribution < 1.29 is 14.3 Å². The zero-order chi connectivity index (χ0) is 23.2. The topological polar surface area (TPSA) is 102 Å². The second kappa shape index (κ2) is 8.15. The first-order valence-electron chi connectivity index (χ1n) is 11.3. The molecule has 8 nitrogen and oxygen atoms in total. The van der Waals surface area contributed by atoms with Gasteiger partial charge in [-0.2, -0.15) is 5.10 Å². The molecule has 2 aromatic rings. The summed E-state index contributed by atoms with van der Waals surface area (Å²) in [5.74, 6) is 0.207. The molecule has 2 heterocycles. The van der Waals surface area contributed by atoms with Crippen molar-refractivity contribution in [3.05, 3.63) is 35.5 Å². The minimum Gasteiger partial charge on any atom is -0.444 e. The molecule has 1 aliphatic heterocycles. The SMILES string of the molecule is CC(C)n1nc(-c2ccc(N)cc2)c(C2CC2)c1C(=O)NC1CN(C(=O)OC(C)(C)C)C1. The van der Waals surface area contributed by atoms with Gasteiger partial charge in [-0.3, -0.25) is 9.48 Å². The van der Waals surface area contributed by atoms with Crippen LogP contribution < -0.4 is 11.1 Å². The Balaban J connectivity index is 1.55. The van der Waals surface area contributed by atoms with Gasteiger partial charge in [0.15, 0.2) is 0 Å². The Morgan fingerprint density at radius 1 is 1.16 bits per heavy atom. The normalized spacial score (nSPS) is 16.8. The van der Waals surface area contributed by atoms with Crippen LogP contribution in [0.4, 0.5) is 10.5 Å². The highest BCUT2D eigenvalue weighted by Crippen LogP contribution is 2.46. The zero-order valence-corrected chi connectivity index (χ0v) is 19.5. The Morgan fingerprint density at radius 3 is 2.31 bits per heavy atom. The molecule has 32 heavy (non-hydrogen) atoms. The molecule has 8 heteroatoms. The van der Waals surface area contributed by atoms with Crippen LogP contribution in [0.1, 0.15) is 75.5 Å². The first kappa shape index (κ1) is 22.2. The highest BCUT2D eigenvalue weighted by atomic mass is 16.6. The molecule has 0 radical (unpaired) electrons. The van der Waals surface area contributed by atoms with Gasteiger partial charge in [-0.15, -0.1) is 0 Å². The molecule has 172 valence electrons. The lowest BCUT2D eigenvalue weighted by Crippen LogP contribution is -2.61. The maximum atomic E-state index is 13.4. The molecule has 4 rings (SSSR count). The van der Waals surface area contributed by atoms with E-state index in [4.69, 9.17) is 15.6 Å². The fraction of sp³-hybridized carbons (Fsp3) is 0.542. The van der Waals surface area contributed by atoms with Crippen LogP contribution in [0.15, 0.2) is 24.3 Å². The number of rotatable bonds is 5. The highest BCUT2D eigenvalue weighted by molar-refractivity contribution is 5.97. The molecule has 1 aliphatic carbocycles. The monoisotopic (exact) mass is 439 g/mol. The second-order valence-corrected chi connectivity index (χ2v) is 10.1. The lowest BCUT2D eigenvalue weighted by atomic mass is 10.0. The number of carbonyl (C=O) groups excluding carboxylic acids is 2. The molecular weight excluding hydrogens is 406 g/mol. The van der Waals surface area contributed by atoms with Crippen molar-refractivity contribution in [2.45, 2.75) is 71.1 Å². The Hall–Kier alpha value is -3.03. The molecule has 1 saturated heterocycles. The van der Waals surface area contributed by atoms with Crippen molar-refractivity contribution in [2.24, 2.45) is 0 Å². The highest BCUT2D eigenvalue weighted by Gasteiger charge is 2.39. The third-order valence-corrected chi connectivity index (χ3v) is 5.69. The van der Waals surface area contributed by atoms with E-state index in [2.05, 4.69) is 5.32 Å². The third kappa shape index (κ3) is 4.59. The van der Waals surface area contributed by atoms with Gasteiger partial charge in [0.1, 0.15) is 11.3 Å². The van der Waals surface area contributed by atoms with E-state index in [-0.39, 0.29) is 24.1 Å². The van der Waals surface area contributed by atoms with Crippen molar-refractivity contribution in [1.29, 1.82) is 0 Å². The van der Waals surface area contributed by atoms with Crippen LogP contribution in [0, 0.1) is 0 Å². The summed E-state index contributed by atoms with van der Waals surface area (Å²) in [5, 5.41) is 7.96. The van der Waals surface area contributed by atoms with Gasteiger partial charge in [0.05, 0.1) is 11.7 Å². The lowest BCUT2D eigenvalue weighted by Gasteiger charge is -2.40. The Kier molecular flexibility index (Phi) is 5.65. The number of anilines is 1. The standard InChI is InChI=1S/C24H33N5O3/c1-14(2)29-21(22(30)26-18-12-28(13-18)23(31)32-24(3,4)5)19(15-6-7-15)20(27-29)16-8-10-17(25)11-9-16/h8-11,14-15,18H,6-7,12-13,25H2,1-5H3,(H,26,30). The quantitative estimate of drug-likeness (QED) is 0.687. The summed E-state index contributed by atoms with van der Waals surface area (Å²) in [7, 11) is 0.